The number of ketones is 1. The molecule has 1 heterocycles. The topological polar surface area (TPSA) is 177 Å². The molecule has 1 saturated heterocycles. The van der Waals surface area contributed by atoms with Crippen LogP contribution in [0.3, 0.4) is 0 Å². The number of carbonyl (C=O) groups is 1. The van der Waals surface area contributed by atoms with E-state index in [9.17, 15) is 40.5 Å². The first-order valence-electron chi connectivity index (χ1n) is 9.26. The first-order chi connectivity index (χ1) is 14.7. The van der Waals surface area contributed by atoms with E-state index in [0.29, 0.717) is 5.56 Å². The lowest BCUT2D eigenvalue weighted by Crippen LogP contribution is -2.60. The van der Waals surface area contributed by atoms with Gasteiger partial charge >= 0.3 is 0 Å². The van der Waals surface area contributed by atoms with Crippen molar-refractivity contribution >= 4 is 11.9 Å². The smallest absolute Gasteiger partial charge is 0.229 e. The van der Waals surface area contributed by atoms with Gasteiger partial charge in [-0.15, -0.1) is 0 Å². The van der Waals surface area contributed by atoms with Gasteiger partial charge in [0.2, 0.25) is 6.29 Å². The second kappa shape index (κ2) is 9.33. The summed E-state index contributed by atoms with van der Waals surface area (Å²) in [4.78, 5) is 12.7. The Morgan fingerprint density at radius 2 is 1.65 bits per heavy atom. The number of aliphatic hydroxyl groups is 4. The van der Waals surface area contributed by atoms with Crippen LogP contribution in [-0.2, 0) is 4.74 Å². The Bertz CT molecular complexity index is 953. The van der Waals surface area contributed by atoms with Gasteiger partial charge in [-0.1, -0.05) is 18.2 Å². The van der Waals surface area contributed by atoms with Crippen LogP contribution in [0.2, 0.25) is 0 Å². The first-order valence-corrected chi connectivity index (χ1v) is 9.26. The molecule has 0 bridgehead atoms. The van der Waals surface area contributed by atoms with Crippen molar-refractivity contribution in [1.82, 2.24) is 0 Å². The molecule has 1 fully saturated rings. The molecule has 10 nitrogen and oxygen atoms in total. The number of phenols is 3. The number of allylic oxidation sites excluding steroid dienone is 1. The number of aromatic hydroxyl groups is 3. The van der Waals surface area contributed by atoms with Crippen molar-refractivity contribution in [2.45, 2.75) is 30.7 Å². The molecule has 1 aliphatic rings. The van der Waals surface area contributed by atoms with E-state index in [1.807, 2.05) is 0 Å². The van der Waals surface area contributed by atoms with Crippen molar-refractivity contribution in [3.63, 3.8) is 0 Å². The van der Waals surface area contributed by atoms with E-state index in [1.165, 1.54) is 18.2 Å². The molecule has 5 atom stereocenters. The highest BCUT2D eigenvalue weighted by Gasteiger charge is 2.45. The zero-order chi connectivity index (χ0) is 22.7. The van der Waals surface area contributed by atoms with E-state index in [2.05, 4.69) is 0 Å². The van der Waals surface area contributed by atoms with Gasteiger partial charge in [0, 0.05) is 12.1 Å². The number of aliphatic hydroxyl groups excluding tert-OH is 4. The third-order valence-corrected chi connectivity index (χ3v) is 4.72. The summed E-state index contributed by atoms with van der Waals surface area (Å²) in [6.07, 6.45) is -5.39. The molecule has 0 spiro atoms. The SMILES string of the molecule is O=C(C=Cc1ccc(O)cc1)c1c(O)cc(O)cc1O[C@H]1O[C@H](CO)[C@@H](O)[C@H](O)[C@H]1O. The van der Waals surface area contributed by atoms with Gasteiger partial charge in [-0.05, 0) is 23.8 Å². The number of benzene rings is 2. The van der Waals surface area contributed by atoms with E-state index in [4.69, 9.17) is 9.47 Å². The minimum Gasteiger partial charge on any atom is -0.508 e. The molecule has 0 unspecified atom stereocenters. The lowest BCUT2D eigenvalue weighted by Gasteiger charge is -2.39. The lowest BCUT2D eigenvalue weighted by molar-refractivity contribution is -0.277. The Morgan fingerprint density at radius 3 is 2.29 bits per heavy atom. The number of ether oxygens (including phenoxy) is 2. The monoisotopic (exact) mass is 434 g/mol. The van der Waals surface area contributed by atoms with Gasteiger partial charge in [0.05, 0.1) is 6.61 Å². The van der Waals surface area contributed by atoms with E-state index in [-0.39, 0.29) is 17.1 Å². The number of rotatable bonds is 6. The maximum Gasteiger partial charge on any atom is 0.229 e. The van der Waals surface area contributed by atoms with Crippen molar-refractivity contribution in [2.75, 3.05) is 6.61 Å². The van der Waals surface area contributed by atoms with Crippen molar-refractivity contribution in [3.05, 3.63) is 53.6 Å². The molecule has 0 radical (unpaired) electrons. The molecule has 2 aromatic carbocycles. The average molecular weight is 434 g/mol. The summed E-state index contributed by atoms with van der Waals surface area (Å²) < 4.78 is 10.7. The molecule has 31 heavy (non-hydrogen) atoms. The van der Waals surface area contributed by atoms with Crippen LogP contribution in [0.4, 0.5) is 0 Å². The number of carbonyl (C=O) groups excluding carboxylic acids is 1. The molecule has 3 rings (SSSR count). The number of hydrogen-bond acceptors (Lipinski definition) is 10. The summed E-state index contributed by atoms with van der Waals surface area (Å²) in [6.45, 7) is -0.683. The van der Waals surface area contributed by atoms with E-state index in [1.54, 1.807) is 12.1 Å². The highest BCUT2D eigenvalue weighted by atomic mass is 16.7. The molecular formula is C21H22O10. The molecule has 10 heteroatoms. The van der Waals surface area contributed by atoms with E-state index < -0.39 is 54.6 Å². The van der Waals surface area contributed by atoms with Gasteiger partial charge < -0.3 is 45.2 Å². The lowest BCUT2D eigenvalue weighted by atomic mass is 9.99. The van der Waals surface area contributed by atoms with Crippen LogP contribution in [0, 0.1) is 0 Å². The van der Waals surface area contributed by atoms with Gasteiger partial charge in [-0.25, -0.2) is 0 Å². The predicted molar refractivity (Wildman–Crippen MR) is 106 cm³/mol. The molecule has 2 aromatic rings. The van der Waals surface area contributed by atoms with Crippen LogP contribution in [0.25, 0.3) is 6.08 Å². The van der Waals surface area contributed by atoms with E-state index >= 15 is 0 Å². The minimum atomic E-state index is -1.75. The average Bonchev–Trinajstić information content (AvgIpc) is 2.73. The first kappa shape index (κ1) is 22.5. The quantitative estimate of drug-likeness (QED) is 0.239. The van der Waals surface area contributed by atoms with Gasteiger partial charge in [0.1, 0.15) is 53.0 Å². The molecule has 7 N–H and O–H groups in total. The summed E-state index contributed by atoms with van der Waals surface area (Å²) in [5.74, 6) is -2.08. The zero-order valence-electron chi connectivity index (χ0n) is 16.1. The molecule has 0 amide bonds. The molecule has 166 valence electrons. The predicted octanol–water partition coefficient (Wildman–Crippen LogP) is -0.122. The Balaban J connectivity index is 1.89. The minimum absolute atomic E-state index is 0.0508. The van der Waals surface area contributed by atoms with Gasteiger partial charge in [-0.3, -0.25) is 4.79 Å². The Kier molecular flexibility index (Phi) is 6.78. The standard InChI is InChI=1S/C21H22O10/c22-9-16-18(27)19(28)20(29)21(31-16)30-15-8-12(24)7-14(26)17(15)13(25)6-3-10-1-4-11(23)5-2-10/h1-8,16,18-24,26-29H,9H2/t16-,18-,19+,20-,21+/m1/s1. The largest absolute Gasteiger partial charge is 0.508 e. The fraction of sp³-hybridized carbons (Fsp3) is 0.286. The fourth-order valence-corrected chi connectivity index (χ4v) is 3.06. The normalized spacial score (nSPS) is 26.1. The summed E-state index contributed by atoms with van der Waals surface area (Å²) in [6, 6.07) is 7.89. The number of hydrogen-bond donors (Lipinski definition) is 7. The molecule has 0 saturated carbocycles. The van der Waals surface area contributed by atoms with Crippen molar-refractivity contribution < 1.29 is 50.0 Å². The number of phenolic OH excluding ortho intramolecular Hbond substituents is 3. The van der Waals surface area contributed by atoms with Crippen molar-refractivity contribution in [2.24, 2.45) is 0 Å². The Labute approximate surface area is 176 Å². The molecular weight excluding hydrogens is 412 g/mol. The van der Waals surface area contributed by atoms with Crippen LogP contribution < -0.4 is 4.74 Å². The highest BCUT2D eigenvalue weighted by molar-refractivity contribution is 6.10. The highest BCUT2D eigenvalue weighted by Crippen LogP contribution is 2.36. The van der Waals surface area contributed by atoms with Crippen LogP contribution in [0.5, 0.6) is 23.0 Å². The van der Waals surface area contributed by atoms with Crippen LogP contribution >= 0.6 is 0 Å². The summed E-state index contributed by atoms with van der Waals surface area (Å²) >= 11 is 0. The van der Waals surface area contributed by atoms with Crippen molar-refractivity contribution in [3.8, 4) is 23.0 Å². The molecule has 0 aliphatic carbocycles. The van der Waals surface area contributed by atoms with Crippen LogP contribution in [0.1, 0.15) is 15.9 Å². The second-order valence-corrected chi connectivity index (χ2v) is 6.94. The maximum atomic E-state index is 12.7. The molecule has 0 aromatic heterocycles. The second-order valence-electron chi connectivity index (χ2n) is 6.94. The summed E-state index contributed by atoms with van der Waals surface area (Å²) in [5, 5.41) is 68.5. The van der Waals surface area contributed by atoms with Gasteiger partial charge in [0.25, 0.3) is 0 Å². The van der Waals surface area contributed by atoms with Gasteiger partial charge in [-0.2, -0.15) is 0 Å². The third-order valence-electron chi connectivity index (χ3n) is 4.72. The van der Waals surface area contributed by atoms with Crippen LogP contribution in [-0.4, -0.2) is 78.8 Å². The fourth-order valence-electron chi connectivity index (χ4n) is 3.06. The third kappa shape index (κ3) is 4.95. The maximum absolute atomic E-state index is 12.7. The molecule has 1 aliphatic heterocycles. The van der Waals surface area contributed by atoms with Crippen LogP contribution in [0.15, 0.2) is 42.5 Å². The van der Waals surface area contributed by atoms with E-state index in [0.717, 1.165) is 18.2 Å². The zero-order valence-corrected chi connectivity index (χ0v) is 16.1. The summed E-state index contributed by atoms with van der Waals surface area (Å²) in [7, 11) is 0. The summed E-state index contributed by atoms with van der Waals surface area (Å²) in [5.41, 5.74) is 0.227. The van der Waals surface area contributed by atoms with Gasteiger partial charge in [0.15, 0.2) is 5.78 Å². The Morgan fingerprint density at radius 1 is 0.968 bits per heavy atom. The van der Waals surface area contributed by atoms with Crippen molar-refractivity contribution in [1.29, 1.82) is 0 Å². The Hall–Kier alpha value is -3.15.